The lowest BCUT2D eigenvalue weighted by molar-refractivity contribution is -0.139. The highest BCUT2D eigenvalue weighted by atomic mass is 35.5. The second kappa shape index (κ2) is 6.94. The molecule has 0 bridgehead atoms. The molecule has 1 unspecified atom stereocenters. The molecule has 0 saturated carbocycles. The van der Waals surface area contributed by atoms with Gasteiger partial charge in [-0.05, 0) is 19.4 Å². The summed E-state index contributed by atoms with van der Waals surface area (Å²) in [6, 6.07) is 0.460. The highest BCUT2D eigenvalue weighted by Gasteiger charge is 2.19. The van der Waals surface area contributed by atoms with Gasteiger partial charge in [0.25, 0.3) is 5.91 Å². The average Bonchev–Trinajstić information content (AvgIpc) is 2.37. The van der Waals surface area contributed by atoms with Crippen molar-refractivity contribution in [1.82, 2.24) is 10.3 Å². The van der Waals surface area contributed by atoms with Crippen molar-refractivity contribution in [3.63, 3.8) is 0 Å². The molecule has 1 rings (SSSR count). The number of rotatable bonds is 6. The van der Waals surface area contributed by atoms with E-state index in [1.165, 1.54) is 12.3 Å². The number of aromatic nitrogens is 1. The molecular weight excluding hydrogens is 272 g/mol. The largest absolute Gasteiger partial charge is 0.480 e. The molecule has 0 spiro atoms. The fourth-order valence-electron chi connectivity index (χ4n) is 1.37. The Bertz CT molecular complexity index is 479. The first kappa shape index (κ1) is 15.2. The Hall–Kier alpha value is -1.82. The van der Waals surface area contributed by atoms with E-state index in [1.54, 1.807) is 13.8 Å². The molecule has 104 valence electrons. The van der Waals surface area contributed by atoms with Gasteiger partial charge in [-0.2, -0.15) is 0 Å². The zero-order valence-corrected chi connectivity index (χ0v) is 11.4. The number of aliphatic carboxylic acids is 1. The number of pyridine rings is 1. The van der Waals surface area contributed by atoms with Gasteiger partial charge in [-0.25, -0.2) is 9.78 Å². The minimum Gasteiger partial charge on any atom is -0.480 e. The first-order valence-corrected chi connectivity index (χ1v) is 6.19. The Morgan fingerprint density at radius 2 is 2.21 bits per heavy atom. The number of carbonyl (C=O) groups excluding carboxylic acids is 1. The van der Waals surface area contributed by atoms with Crippen LogP contribution in [-0.4, -0.2) is 34.6 Å². The predicted octanol–water partition coefficient (Wildman–Crippen LogP) is 1.73. The van der Waals surface area contributed by atoms with Gasteiger partial charge in [-0.1, -0.05) is 18.5 Å². The van der Waals surface area contributed by atoms with E-state index < -0.39 is 17.9 Å². The minimum atomic E-state index is -1.08. The summed E-state index contributed by atoms with van der Waals surface area (Å²) < 4.78 is 5.14. The molecule has 1 aromatic rings. The van der Waals surface area contributed by atoms with E-state index in [9.17, 15) is 9.59 Å². The van der Waals surface area contributed by atoms with Gasteiger partial charge in [0.05, 0.1) is 12.2 Å². The molecular formula is C12H15ClN2O4. The summed E-state index contributed by atoms with van der Waals surface area (Å²) in [6.07, 6.45) is 1.58. The van der Waals surface area contributed by atoms with Gasteiger partial charge in [0.1, 0.15) is 11.1 Å². The Morgan fingerprint density at radius 3 is 2.68 bits per heavy atom. The van der Waals surface area contributed by atoms with Crippen LogP contribution in [0.3, 0.4) is 0 Å². The van der Waals surface area contributed by atoms with Crippen molar-refractivity contribution < 1.29 is 19.4 Å². The maximum atomic E-state index is 11.8. The smallest absolute Gasteiger partial charge is 0.326 e. The average molecular weight is 287 g/mol. The number of hydrogen-bond donors (Lipinski definition) is 2. The lowest BCUT2D eigenvalue weighted by Gasteiger charge is -2.12. The van der Waals surface area contributed by atoms with Crippen LogP contribution in [0.1, 0.15) is 30.6 Å². The first-order valence-electron chi connectivity index (χ1n) is 5.81. The van der Waals surface area contributed by atoms with Crippen LogP contribution in [0.25, 0.3) is 0 Å². The van der Waals surface area contributed by atoms with E-state index in [0.29, 0.717) is 13.0 Å². The SMILES string of the molecule is CCOc1ncc(C(=O)NC(CC)C(=O)O)cc1Cl. The van der Waals surface area contributed by atoms with E-state index >= 15 is 0 Å². The Labute approximate surface area is 115 Å². The van der Waals surface area contributed by atoms with E-state index in [2.05, 4.69) is 10.3 Å². The predicted molar refractivity (Wildman–Crippen MR) is 69.6 cm³/mol. The number of hydrogen-bond acceptors (Lipinski definition) is 4. The molecule has 0 aliphatic heterocycles. The first-order chi connectivity index (χ1) is 8.99. The van der Waals surface area contributed by atoms with Crippen molar-refractivity contribution in [2.45, 2.75) is 26.3 Å². The molecule has 19 heavy (non-hydrogen) atoms. The highest BCUT2D eigenvalue weighted by molar-refractivity contribution is 6.32. The standard InChI is InChI=1S/C12H15ClN2O4/c1-3-9(12(17)18)15-10(16)7-5-8(13)11(14-6-7)19-4-2/h5-6,9H,3-4H2,1-2H3,(H,15,16)(H,17,18). The molecule has 0 saturated heterocycles. The summed E-state index contributed by atoms with van der Waals surface area (Å²) in [5, 5.41) is 11.5. The topological polar surface area (TPSA) is 88.5 Å². The molecule has 1 heterocycles. The molecule has 0 aromatic carbocycles. The number of carboxylic acids is 1. The zero-order valence-electron chi connectivity index (χ0n) is 10.6. The van der Waals surface area contributed by atoms with Crippen molar-refractivity contribution in [1.29, 1.82) is 0 Å². The zero-order chi connectivity index (χ0) is 14.4. The van der Waals surface area contributed by atoms with Crippen LogP contribution in [-0.2, 0) is 4.79 Å². The Kier molecular flexibility index (Phi) is 5.57. The molecule has 0 fully saturated rings. The maximum Gasteiger partial charge on any atom is 0.326 e. The lowest BCUT2D eigenvalue weighted by Crippen LogP contribution is -2.40. The highest BCUT2D eigenvalue weighted by Crippen LogP contribution is 2.22. The van der Waals surface area contributed by atoms with E-state index in [4.69, 9.17) is 21.4 Å². The quantitative estimate of drug-likeness (QED) is 0.831. The molecule has 2 N–H and O–H groups in total. The summed E-state index contributed by atoms with van der Waals surface area (Å²) in [5.41, 5.74) is 0.188. The molecule has 6 nitrogen and oxygen atoms in total. The summed E-state index contributed by atoms with van der Waals surface area (Å²) in [7, 11) is 0. The minimum absolute atomic E-state index is 0.188. The van der Waals surface area contributed by atoms with Crippen LogP contribution in [0, 0.1) is 0 Å². The van der Waals surface area contributed by atoms with Gasteiger partial charge in [0, 0.05) is 6.20 Å². The van der Waals surface area contributed by atoms with E-state index in [1.807, 2.05) is 0 Å². The fraction of sp³-hybridized carbons (Fsp3) is 0.417. The number of carbonyl (C=O) groups is 2. The number of nitrogens with zero attached hydrogens (tertiary/aromatic N) is 1. The molecule has 0 aliphatic rings. The van der Waals surface area contributed by atoms with Gasteiger partial charge in [0.2, 0.25) is 5.88 Å². The number of nitrogens with one attached hydrogen (secondary N) is 1. The van der Waals surface area contributed by atoms with Crippen molar-refractivity contribution in [3.05, 3.63) is 22.8 Å². The summed E-state index contributed by atoms with van der Waals surface area (Å²) in [4.78, 5) is 26.6. The van der Waals surface area contributed by atoms with Crippen LogP contribution in [0.5, 0.6) is 5.88 Å². The van der Waals surface area contributed by atoms with Crippen LogP contribution in [0.4, 0.5) is 0 Å². The second-order valence-corrected chi connectivity index (χ2v) is 4.12. The molecule has 0 aliphatic carbocycles. The van der Waals surface area contributed by atoms with Gasteiger partial charge >= 0.3 is 5.97 Å². The fourth-order valence-corrected chi connectivity index (χ4v) is 1.59. The second-order valence-electron chi connectivity index (χ2n) is 3.72. The monoisotopic (exact) mass is 286 g/mol. The van der Waals surface area contributed by atoms with Crippen LogP contribution in [0.15, 0.2) is 12.3 Å². The van der Waals surface area contributed by atoms with E-state index in [-0.39, 0.29) is 16.5 Å². The Morgan fingerprint density at radius 1 is 1.53 bits per heavy atom. The van der Waals surface area contributed by atoms with Crippen molar-refractivity contribution in [2.75, 3.05) is 6.61 Å². The number of amides is 1. The van der Waals surface area contributed by atoms with Crippen LogP contribution < -0.4 is 10.1 Å². The third kappa shape index (κ3) is 4.10. The number of carboxylic acid groups (broad SMARTS) is 1. The maximum absolute atomic E-state index is 11.8. The van der Waals surface area contributed by atoms with Crippen molar-refractivity contribution in [3.8, 4) is 5.88 Å². The third-order valence-corrected chi connectivity index (χ3v) is 2.63. The number of ether oxygens (including phenoxy) is 1. The van der Waals surface area contributed by atoms with Crippen LogP contribution in [0.2, 0.25) is 5.02 Å². The normalized spacial score (nSPS) is 11.7. The molecule has 7 heteroatoms. The molecule has 1 aromatic heterocycles. The molecule has 0 radical (unpaired) electrons. The lowest BCUT2D eigenvalue weighted by atomic mass is 10.2. The van der Waals surface area contributed by atoms with Gasteiger partial charge in [-0.15, -0.1) is 0 Å². The molecule has 1 amide bonds. The molecule has 1 atom stereocenters. The van der Waals surface area contributed by atoms with Gasteiger partial charge in [-0.3, -0.25) is 4.79 Å². The number of halogens is 1. The van der Waals surface area contributed by atoms with Crippen molar-refractivity contribution >= 4 is 23.5 Å². The Balaban J connectivity index is 2.83. The third-order valence-electron chi connectivity index (χ3n) is 2.36. The summed E-state index contributed by atoms with van der Waals surface area (Å²) in [5.74, 6) is -1.38. The van der Waals surface area contributed by atoms with Gasteiger partial charge in [0.15, 0.2) is 0 Å². The summed E-state index contributed by atoms with van der Waals surface area (Å²) >= 11 is 5.90. The van der Waals surface area contributed by atoms with Gasteiger partial charge < -0.3 is 15.2 Å². The van der Waals surface area contributed by atoms with E-state index in [0.717, 1.165) is 0 Å². The van der Waals surface area contributed by atoms with Crippen LogP contribution >= 0.6 is 11.6 Å². The van der Waals surface area contributed by atoms with Crippen molar-refractivity contribution in [2.24, 2.45) is 0 Å². The summed E-state index contributed by atoms with van der Waals surface area (Å²) in [6.45, 7) is 3.87.